The molecule has 3 nitrogen and oxygen atoms in total. The molecule has 0 aliphatic carbocycles. The van der Waals surface area contributed by atoms with Crippen LogP contribution in [0.15, 0.2) is 48.5 Å². The van der Waals surface area contributed by atoms with Crippen LogP contribution in [0.25, 0.3) is 6.08 Å². The van der Waals surface area contributed by atoms with Gasteiger partial charge in [0.05, 0.1) is 0 Å². The standard InChI is InChI=1S/C18H18O3/c1-3-14-6-4-5-7-16(14)21-17-10-8-13(2)12-15(17)9-11-18(19)20/h4-12H,3H2,1-2H3,(H,19,20)/b11-9+. The van der Waals surface area contributed by atoms with Gasteiger partial charge in [-0.25, -0.2) is 4.79 Å². The van der Waals surface area contributed by atoms with Gasteiger partial charge in [0.25, 0.3) is 0 Å². The zero-order valence-corrected chi connectivity index (χ0v) is 12.2. The van der Waals surface area contributed by atoms with Gasteiger partial charge in [-0.05, 0) is 43.2 Å². The maximum absolute atomic E-state index is 10.7. The summed E-state index contributed by atoms with van der Waals surface area (Å²) in [5.41, 5.74) is 2.92. The zero-order valence-electron chi connectivity index (χ0n) is 12.2. The number of aryl methyl sites for hydroxylation is 2. The summed E-state index contributed by atoms with van der Waals surface area (Å²) in [7, 11) is 0. The second-order valence-corrected chi connectivity index (χ2v) is 4.78. The number of hydrogen-bond acceptors (Lipinski definition) is 2. The highest BCUT2D eigenvalue weighted by Gasteiger charge is 2.06. The summed E-state index contributed by atoms with van der Waals surface area (Å²) in [6.07, 6.45) is 3.55. The van der Waals surface area contributed by atoms with Gasteiger partial charge < -0.3 is 9.84 Å². The van der Waals surface area contributed by atoms with Crippen molar-refractivity contribution in [2.24, 2.45) is 0 Å². The lowest BCUT2D eigenvalue weighted by atomic mass is 10.1. The molecule has 0 unspecified atom stereocenters. The average Bonchev–Trinajstić information content (AvgIpc) is 2.48. The van der Waals surface area contributed by atoms with Gasteiger partial charge in [-0.1, -0.05) is 36.8 Å². The molecule has 0 heterocycles. The molecule has 2 rings (SSSR count). The summed E-state index contributed by atoms with van der Waals surface area (Å²) < 4.78 is 5.97. The van der Waals surface area contributed by atoms with E-state index in [-0.39, 0.29) is 0 Å². The SMILES string of the molecule is CCc1ccccc1Oc1ccc(C)cc1/C=C/C(=O)O. The number of ether oxygens (including phenoxy) is 1. The molecule has 0 radical (unpaired) electrons. The third-order valence-electron chi connectivity index (χ3n) is 3.14. The molecule has 0 atom stereocenters. The molecule has 0 saturated carbocycles. The van der Waals surface area contributed by atoms with E-state index in [4.69, 9.17) is 9.84 Å². The van der Waals surface area contributed by atoms with Crippen molar-refractivity contribution >= 4 is 12.0 Å². The van der Waals surface area contributed by atoms with Crippen LogP contribution < -0.4 is 4.74 Å². The van der Waals surface area contributed by atoms with Crippen LogP contribution in [-0.2, 0) is 11.2 Å². The van der Waals surface area contributed by atoms with E-state index in [0.29, 0.717) is 5.75 Å². The topological polar surface area (TPSA) is 46.5 Å². The Balaban J connectivity index is 2.37. The molecule has 0 saturated heterocycles. The fraction of sp³-hybridized carbons (Fsp3) is 0.167. The smallest absolute Gasteiger partial charge is 0.328 e. The number of aliphatic carboxylic acids is 1. The predicted molar refractivity (Wildman–Crippen MR) is 83.7 cm³/mol. The first-order chi connectivity index (χ1) is 10.1. The number of benzene rings is 2. The van der Waals surface area contributed by atoms with Crippen LogP contribution in [0, 0.1) is 6.92 Å². The Morgan fingerprint density at radius 2 is 1.95 bits per heavy atom. The lowest BCUT2D eigenvalue weighted by Gasteiger charge is -2.12. The van der Waals surface area contributed by atoms with Crippen molar-refractivity contribution in [2.45, 2.75) is 20.3 Å². The van der Waals surface area contributed by atoms with Gasteiger partial charge in [0, 0.05) is 11.6 Å². The van der Waals surface area contributed by atoms with Crippen molar-refractivity contribution in [3.63, 3.8) is 0 Å². The maximum Gasteiger partial charge on any atom is 0.328 e. The van der Waals surface area contributed by atoms with Gasteiger partial charge in [0.15, 0.2) is 0 Å². The molecule has 0 aliphatic rings. The van der Waals surface area contributed by atoms with E-state index in [2.05, 4.69) is 6.92 Å². The molecule has 3 heteroatoms. The van der Waals surface area contributed by atoms with E-state index < -0.39 is 5.97 Å². The van der Waals surface area contributed by atoms with Crippen molar-refractivity contribution < 1.29 is 14.6 Å². The molecule has 0 fully saturated rings. The lowest BCUT2D eigenvalue weighted by molar-refractivity contribution is -0.131. The van der Waals surface area contributed by atoms with Crippen LogP contribution >= 0.6 is 0 Å². The van der Waals surface area contributed by atoms with E-state index in [1.807, 2.05) is 49.4 Å². The van der Waals surface area contributed by atoms with E-state index in [0.717, 1.165) is 34.9 Å². The van der Waals surface area contributed by atoms with E-state index in [9.17, 15) is 4.79 Å². The Kier molecular flexibility index (Phi) is 4.77. The van der Waals surface area contributed by atoms with Gasteiger partial charge >= 0.3 is 5.97 Å². The molecule has 0 aromatic heterocycles. The number of carboxylic acids is 1. The predicted octanol–water partition coefficient (Wildman–Crippen LogP) is 4.45. The van der Waals surface area contributed by atoms with Crippen LogP contribution in [0.1, 0.15) is 23.6 Å². The first kappa shape index (κ1) is 14.9. The highest BCUT2D eigenvalue weighted by molar-refractivity contribution is 5.86. The summed E-state index contributed by atoms with van der Waals surface area (Å²) in [5.74, 6) is 0.476. The van der Waals surface area contributed by atoms with Crippen molar-refractivity contribution in [1.29, 1.82) is 0 Å². The van der Waals surface area contributed by atoms with Crippen LogP contribution in [0.2, 0.25) is 0 Å². The Labute approximate surface area is 124 Å². The van der Waals surface area contributed by atoms with Crippen LogP contribution in [0.3, 0.4) is 0 Å². The maximum atomic E-state index is 10.7. The number of carbonyl (C=O) groups is 1. The van der Waals surface area contributed by atoms with E-state index in [1.165, 1.54) is 0 Å². The first-order valence-electron chi connectivity index (χ1n) is 6.87. The molecule has 0 aliphatic heterocycles. The number of para-hydroxylation sites is 1. The number of rotatable bonds is 5. The minimum Gasteiger partial charge on any atom is -0.478 e. The quantitative estimate of drug-likeness (QED) is 0.824. The van der Waals surface area contributed by atoms with Gasteiger partial charge in [0.2, 0.25) is 0 Å². The summed E-state index contributed by atoms with van der Waals surface area (Å²) >= 11 is 0. The van der Waals surface area contributed by atoms with Gasteiger partial charge in [0.1, 0.15) is 11.5 Å². The van der Waals surface area contributed by atoms with Crippen LogP contribution in [-0.4, -0.2) is 11.1 Å². The van der Waals surface area contributed by atoms with Crippen molar-refractivity contribution in [2.75, 3.05) is 0 Å². The van der Waals surface area contributed by atoms with Crippen LogP contribution in [0.5, 0.6) is 11.5 Å². The normalized spacial score (nSPS) is 10.8. The highest BCUT2D eigenvalue weighted by atomic mass is 16.5. The average molecular weight is 282 g/mol. The minimum absolute atomic E-state index is 0.652. The fourth-order valence-electron chi connectivity index (χ4n) is 2.07. The lowest BCUT2D eigenvalue weighted by Crippen LogP contribution is -1.93. The second-order valence-electron chi connectivity index (χ2n) is 4.78. The largest absolute Gasteiger partial charge is 0.478 e. The Morgan fingerprint density at radius 3 is 2.67 bits per heavy atom. The second kappa shape index (κ2) is 6.75. The van der Waals surface area contributed by atoms with E-state index in [1.54, 1.807) is 6.08 Å². The molecule has 0 bridgehead atoms. The number of hydrogen-bond donors (Lipinski definition) is 1. The highest BCUT2D eigenvalue weighted by Crippen LogP contribution is 2.29. The van der Waals surface area contributed by atoms with Gasteiger partial charge in [-0.3, -0.25) is 0 Å². The summed E-state index contributed by atoms with van der Waals surface area (Å²) in [4.78, 5) is 10.7. The monoisotopic (exact) mass is 282 g/mol. The summed E-state index contributed by atoms with van der Waals surface area (Å²) in [6.45, 7) is 4.03. The van der Waals surface area contributed by atoms with Crippen molar-refractivity contribution in [3.8, 4) is 11.5 Å². The summed E-state index contributed by atoms with van der Waals surface area (Å²) in [6, 6.07) is 13.6. The Morgan fingerprint density at radius 1 is 1.19 bits per heavy atom. The minimum atomic E-state index is -0.976. The van der Waals surface area contributed by atoms with Gasteiger partial charge in [-0.15, -0.1) is 0 Å². The zero-order chi connectivity index (χ0) is 15.2. The third-order valence-corrected chi connectivity index (χ3v) is 3.14. The van der Waals surface area contributed by atoms with E-state index >= 15 is 0 Å². The summed E-state index contributed by atoms with van der Waals surface area (Å²) in [5, 5.41) is 8.78. The molecule has 1 N–H and O–H groups in total. The molecule has 108 valence electrons. The molecule has 0 spiro atoms. The van der Waals surface area contributed by atoms with Crippen molar-refractivity contribution in [1.82, 2.24) is 0 Å². The first-order valence-corrected chi connectivity index (χ1v) is 6.87. The van der Waals surface area contributed by atoms with Crippen LogP contribution in [0.4, 0.5) is 0 Å². The molecule has 2 aromatic carbocycles. The van der Waals surface area contributed by atoms with Gasteiger partial charge in [-0.2, -0.15) is 0 Å². The molecule has 21 heavy (non-hydrogen) atoms. The Bertz CT molecular complexity index is 672. The fourth-order valence-corrected chi connectivity index (χ4v) is 2.07. The Hall–Kier alpha value is -2.55. The molecular formula is C18H18O3. The third kappa shape index (κ3) is 3.96. The molecule has 0 amide bonds. The number of carboxylic acid groups (broad SMARTS) is 1. The molecule has 2 aromatic rings. The molecular weight excluding hydrogens is 264 g/mol. The van der Waals surface area contributed by atoms with Crippen molar-refractivity contribution in [3.05, 3.63) is 65.2 Å².